The van der Waals surface area contributed by atoms with E-state index in [9.17, 15) is 4.79 Å². The predicted octanol–water partition coefficient (Wildman–Crippen LogP) is 2.79. The summed E-state index contributed by atoms with van der Waals surface area (Å²) in [5.74, 6) is 0.108. The van der Waals surface area contributed by atoms with Gasteiger partial charge in [0.05, 0.1) is 12.4 Å². The molecule has 0 amide bonds. The van der Waals surface area contributed by atoms with Crippen molar-refractivity contribution in [2.45, 2.75) is 26.6 Å². The first-order valence-electron chi connectivity index (χ1n) is 4.56. The number of carbonyl (C=O) groups is 1. The number of ether oxygens (including phenoxy) is 3. The van der Waals surface area contributed by atoms with E-state index in [0.29, 0.717) is 18.1 Å². The van der Waals surface area contributed by atoms with Crippen LogP contribution in [0.2, 0.25) is 0 Å². The second-order valence-corrected chi connectivity index (χ2v) is 4.43. The Hall–Kier alpha value is -0.680. The van der Waals surface area contributed by atoms with Crippen molar-refractivity contribution in [3.8, 4) is 0 Å². The average Bonchev–Trinajstić information content (AvgIpc) is 2.00. The Morgan fingerprint density at radius 2 is 2.00 bits per heavy atom. The molecule has 0 unspecified atom stereocenters. The number of methoxy groups -OCH3 is 1. The van der Waals surface area contributed by atoms with Crippen LogP contribution in [-0.4, -0.2) is 30.6 Å². The van der Waals surface area contributed by atoms with E-state index >= 15 is 0 Å². The monoisotopic (exact) mass is 234 g/mol. The van der Waals surface area contributed by atoms with E-state index in [-0.39, 0.29) is 5.30 Å². The topological polar surface area (TPSA) is 44.8 Å². The highest BCUT2D eigenvalue weighted by atomic mass is 32.2. The fourth-order valence-corrected chi connectivity index (χ4v) is 1.56. The predicted molar refractivity (Wildman–Crippen MR) is 60.8 cm³/mol. The van der Waals surface area contributed by atoms with Crippen molar-refractivity contribution in [1.82, 2.24) is 0 Å². The third-order valence-electron chi connectivity index (χ3n) is 1.26. The van der Waals surface area contributed by atoms with Crippen molar-refractivity contribution in [2.75, 3.05) is 19.5 Å². The van der Waals surface area contributed by atoms with Crippen LogP contribution in [0.4, 0.5) is 4.79 Å². The first-order valence-corrected chi connectivity index (χ1v) is 5.55. The van der Waals surface area contributed by atoms with Crippen LogP contribution in [0.25, 0.3) is 0 Å². The molecule has 0 aromatic carbocycles. The van der Waals surface area contributed by atoms with Crippen molar-refractivity contribution >= 4 is 17.1 Å². The van der Waals surface area contributed by atoms with Gasteiger partial charge in [-0.1, -0.05) is 6.58 Å². The standard InChI is InChI=1S/C10H18O4S/c1-8(2)13-10(3,4)14-9(11)15-7-6-12-5/h1,6-7H2,2-5H3. The molecule has 0 rings (SSSR count). The Labute approximate surface area is 95.0 Å². The Morgan fingerprint density at radius 1 is 1.40 bits per heavy atom. The van der Waals surface area contributed by atoms with Gasteiger partial charge in [-0.05, 0) is 18.7 Å². The summed E-state index contributed by atoms with van der Waals surface area (Å²) in [5, 5.41) is -0.377. The lowest BCUT2D eigenvalue weighted by Gasteiger charge is -2.25. The minimum Gasteiger partial charge on any atom is -0.458 e. The summed E-state index contributed by atoms with van der Waals surface area (Å²) in [6.45, 7) is 9.13. The van der Waals surface area contributed by atoms with E-state index in [1.165, 1.54) is 0 Å². The van der Waals surface area contributed by atoms with Crippen molar-refractivity contribution in [3.63, 3.8) is 0 Å². The number of rotatable bonds is 6. The zero-order valence-corrected chi connectivity index (χ0v) is 10.5. The Morgan fingerprint density at radius 3 is 2.47 bits per heavy atom. The fourth-order valence-electron chi connectivity index (χ4n) is 0.879. The maximum Gasteiger partial charge on any atom is 0.370 e. The largest absolute Gasteiger partial charge is 0.458 e. The molecule has 0 atom stereocenters. The summed E-state index contributed by atoms with van der Waals surface area (Å²) in [6.07, 6.45) is 0. The minimum atomic E-state index is -0.969. The molecule has 0 fully saturated rings. The molecule has 0 saturated heterocycles. The maximum atomic E-state index is 11.3. The van der Waals surface area contributed by atoms with Crippen LogP contribution in [-0.2, 0) is 14.2 Å². The van der Waals surface area contributed by atoms with Crippen molar-refractivity contribution < 1.29 is 19.0 Å². The number of carbonyl (C=O) groups excluding carboxylic acids is 1. The van der Waals surface area contributed by atoms with E-state index in [1.807, 2.05) is 0 Å². The zero-order chi connectivity index (χ0) is 11.9. The molecule has 0 aliphatic heterocycles. The van der Waals surface area contributed by atoms with Crippen LogP contribution in [0.3, 0.4) is 0 Å². The van der Waals surface area contributed by atoms with Crippen molar-refractivity contribution in [2.24, 2.45) is 0 Å². The molecule has 5 heteroatoms. The average molecular weight is 234 g/mol. The third-order valence-corrected chi connectivity index (χ3v) is 1.95. The molecule has 0 N–H and O–H groups in total. The normalized spacial score (nSPS) is 10.9. The Balaban J connectivity index is 3.88. The van der Waals surface area contributed by atoms with Crippen molar-refractivity contribution in [1.29, 1.82) is 0 Å². The number of hydrogen-bond donors (Lipinski definition) is 0. The van der Waals surface area contributed by atoms with Gasteiger partial charge in [0.1, 0.15) is 0 Å². The molecule has 15 heavy (non-hydrogen) atoms. The summed E-state index contributed by atoms with van der Waals surface area (Å²) in [7, 11) is 1.58. The van der Waals surface area contributed by atoms with Crippen molar-refractivity contribution in [3.05, 3.63) is 12.3 Å². The van der Waals surface area contributed by atoms with E-state index < -0.39 is 5.79 Å². The first kappa shape index (κ1) is 14.3. The fraction of sp³-hybridized carbons (Fsp3) is 0.700. The van der Waals surface area contributed by atoms with Gasteiger partial charge in [0.2, 0.25) is 5.79 Å². The van der Waals surface area contributed by atoms with Crippen LogP contribution in [0.5, 0.6) is 0 Å². The smallest absolute Gasteiger partial charge is 0.370 e. The molecule has 0 aliphatic rings. The molecular formula is C10H18O4S. The van der Waals surface area contributed by atoms with Gasteiger partial charge in [0.25, 0.3) is 0 Å². The highest BCUT2D eigenvalue weighted by Gasteiger charge is 2.24. The zero-order valence-electron chi connectivity index (χ0n) is 9.66. The maximum absolute atomic E-state index is 11.3. The van der Waals surface area contributed by atoms with Gasteiger partial charge < -0.3 is 14.2 Å². The second-order valence-electron chi connectivity index (χ2n) is 3.40. The van der Waals surface area contributed by atoms with E-state index in [4.69, 9.17) is 14.2 Å². The summed E-state index contributed by atoms with van der Waals surface area (Å²) < 4.78 is 15.1. The van der Waals surface area contributed by atoms with Gasteiger partial charge in [-0.15, -0.1) is 0 Å². The summed E-state index contributed by atoms with van der Waals surface area (Å²) in [5.41, 5.74) is 0. The molecule has 0 aromatic rings. The molecule has 0 radical (unpaired) electrons. The molecule has 0 saturated carbocycles. The summed E-state index contributed by atoms with van der Waals surface area (Å²) in [6, 6.07) is 0. The van der Waals surface area contributed by atoms with E-state index in [0.717, 1.165) is 11.8 Å². The van der Waals surface area contributed by atoms with Gasteiger partial charge in [-0.25, -0.2) is 4.79 Å². The van der Waals surface area contributed by atoms with Crippen LogP contribution in [0.1, 0.15) is 20.8 Å². The first-order chi connectivity index (χ1) is 6.87. The second kappa shape index (κ2) is 6.74. The highest BCUT2D eigenvalue weighted by Crippen LogP contribution is 2.19. The molecule has 0 heterocycles. The molecule has 0 spiro atoms. The Kier molecular flexibility index (Phi) is 6.43. The lowest BCUT2D eigenvalue weighted by Crippen LogP contribution is -2.29. The van der Waals surface area contributed by atoms with Gasteiger partial charge in [0, 0.05) is 26.7 Å². The van der Waals surface area contributed by atoms with E-state index in [1.54, 1.807) is 27.9 Å². The molecule has 4 nitrogen and oxygen atoms in total. The summed E-state index contributed by atoms with van der Waals surface area (Å²) >= 11 is 1.06. The van der Waals surface area contributed by atoms with Gasteiger partial charge in [-0.3, -0.25) is 0 Å². The van der Waals surface area contributed by atoms with Crippen LogP contribution in [0, 0.1) is 0 Å². The number of hydrogen-bond acceptors (Lipinski definition) is 5. The number of thioether (sulfide) groups is 1. The third kappa shape index (κ3) is 8.32. The highest BCUT2D eigenvalue weighted by molar-refractivity contribution is 8.13. The SMILES string of the molecule is C=C(C)OC(C)(C)OC(=O)SCCOC. The molecule has 0 aliphatic carbocycles. The van der Waals surface area contributed by atoms with Crippen LogP contribution < -0.4 is 0 Å². The number of allylic oxidation sites excluding steroid dienone is 1. The van der Waals surface area contributed by atoms with E-state index in [2.05, 4.69) is 6.58 Å². The lowest BCUT2D eigenvalue weighted by atomic mass is 10.4. The summed E-state index contributed by atoms with van der Waals surface area (Å²) in [4.78, 5) is 11.3. The molecular weight excluding hydrogens is 216 g/mol. The van der Waals surface area contributed by atoms with Gasteiger partial charge in [-0.2, -0.15) is 0 Å². The van der Waals surface area contributed by atoms with Gasteiger partial charge >= 0.3 is 5.30 Å². The van der Waals surface area contributed by atoms with Gasteiger partial charge in [0.15, 0.2) is 0 Å². The van der Waals surface area contributed by atoms with Crippen LogP contribution in [0.15, 0.2) is 12.3 Å². The van der Waals surface area contributed by atoms with Crippen LogP contribution >= 0.6 is 11.8 Å². The molecule has 88 valence electrons. The quantitative estimate of drug-likeness (QED) is 0.306. The molecule has 0 aromatic heterocycles. The minimum absolute atomic E-state index is 0.377. The lowest BCUT2D eigenvalue weighted by molar-refractivity contribution is -0.141. The molecule has 0 bridgehead atoms. The Bertz CT molecular complexity index is 225.